The van der Waals surface area contributed by atoms with Crippen molar-refractivity contribution >= 4 is 5.91 Å². The Morgan fingerprint density at radius 2 is 1.85 bits per heavy atom. The molecule has 2 aromatic carbocycles. The molecule has 1 aliphatic carbocycles. The molecule has 0 aliphatic heterocycles. The smallest absolute Gasteiger partial charge is 0.251 e. The van der Waals surface area contributed by atoms with Gasteiger partial charge in [0.1, 0.15) is 0 Å². The first-order valence-electron chi connectivity index (χ1n) is 8.83. The molecule has 0 unspecified atom stereocenters. The van der Waals surface area contributed by atoms with E-state index in [1.165, 1.54) is 0 Å². The number of aliphatic hydroxyl groups excluding tert-OH is 1. The van der Waals surface area contributed by atoms with Gasteiger partial charge in [0, 0.05) is 23.6 Å². The van der Waals surface area contributed by atoms with E-state index in [0.29, 0.717) is 5.56 Å². The maximum absolute atomic E-state index is 12.8. The molecule has 0 spiro atoms. The van der Waals surface area contributed by atoms with Gasteiger partial charge in [-0.15, -0.1) is 0 Å². The van der Waals surface area contributed by atoms with E-state index in [0.717, 1.165) is 24.1 Å². The second kappa shape index (κ2) is 7.14. The van der Waals surface area contributed by atoms with E-state index in [2.05, 4.69) is 10.3 Å². The minimum Gasteiger partial charge on any atom is -0.393 e. The summed E-state index contributed by atoms with van der Waals surface area (Å²) < 4.78 is 1.89. The highest BCUT2D eigenvalue weighted by Crippen LogP contribution is 2.38. The van der Waals surface area contributed by atoms with Crippen molar-refractivity contribution in [2.24, 2.45) is 5.92 Å². The lowest BCUT2D eigenvalue weighted by atomic mass is 9.75. The molecule has 0 saturated heterocycles. The first-order chi connectivity index (χ1) is 12.7. The topological polar surface area (TPSA) is 67.2 Å². The molecule has 2 N–H and O–H groups in total. The maximum atomic E-state index is 12.8. The molecular weight excluding hydrogens is 326 g/mol. The average molecular weight is 347 g/mol. The van der Waals surface area contributed by atoms with Gasteiger partial charge in [-0.25, -0.2) is 4.98 Å². The minimum absolute atomic E-state index is 0.0829. The Morgan fingerprint density at radius 1 is 1.12 bits per heavy atom. The van der Waals surface area contributed by atoms with Gasteiger partial charge in [0.15, 0.2) is 0 Å². The largest absolute Gasteiger partial charge is 0.393 e. The molecule has 5 heteroatoms. The summed E-state index contributed by atoms with van der Waals surface area (Å²) in [5.41, 5.74) is 2.66. The van der Waals surface area contributed by atoms with Gasteiger partial charge in [0.05, 0.1) is 18.5 Å². The van der Waals surface area contributed by atoms with Crippen molar-refractivity contribution in [3.63, 3.8) is 0 Å². The van der Waals surface area contributed by atoms with Crippen LogP contribution in [0.15, 0.2) is 73.3 Å². The van der Waals surface area contributed by atoms with E-state index in [4.69, 9.17) is 0 Å². The van der Waals surface area contributed by atoms with Gasteiger partial charge in [-0.2, -0.15) is 0 Å². The van der Waals surface area contributed by atoms with Crippen molar-refractivity contribution in [3.05, 3.63) is 84.4 Å². The van der Waals surface area contributed by atoms with Gasteiger partial charge in [-0.1, -0.05) is 30.3 Å². The lowest BCUT2D eigenvalue weighted by molar-refractivity contribution is 0.0235. The van der Waals surface area contributed by atoms with E-state index < -0.39 is 0 Å². The van der Waals surface area contributed by atoms with E-state index >= 15 is 0 Å². The van der Waals surface area contributed by atoms with Crippen LogP contribution in [-0.4, -0.2) is 26.7 Å². The van der Waals surface area contributed by atoms with Gasteiger partial charge in [-0.05, 0) is 48.6 Å². The molecule has 0 radical (unpaired) electrons. The summed E-state index contributed by atoms with van der Waals surface area (Å²) in [5, 5.41) is 12.8. The van der Waals surface area contributed by atoms with Crippen LogP contribution in [0.2, 0.25) is 0 Å². The minimum atomic E-state index is -0.252. The zero-order valence-corrected chi connectivity index (χ0v) is 14.3. The molecule has 5 nitrogen and oxygen atoms in total. The van der Waals surface area contributed by atoms with E-state index in [1.54, 1.807) is 12.5 Å². The molecule has 1 saturated carbocycles. The van der Waals surface area contributed by atoms with Gasteiger partial charge in [0.25, 0.3) is 5.91 Å². The number of nitrogens with zero attached hydrogens (tertiary/aromatic N) is 2. The third-order valence-electron chi connectivity index (χ3n) is 5.00. The Hall–Kier alpha value is -2.92. The third kappa shape index (κ3) is 3.39. The van der Waals surface area contributed by atoms with Crippen LogP contribution in [0.4, 0.5) is 0 Å². The number of aromatic nitrogens is 2. The summed E-state index contributed by atoms with van der Waals surface area (Å²) in [6, 6.07) is 17.3. The normalized spacial score (nSPS) is 20.2. The van der Waals surface area contributed by atoms with Crippen molar-refractivity contribution < 1.29 is 9.90 Å². The molecule has 1 fully saturated rings. The van der Waals surface area contributed by atoms with Crippen molar-refractivity contribution in [2.75, 3.05) is 0 Å². The molecule has 4 rings (SSSR count). The molecule has 132 valence electrons. The zero-order valence-electron chi connectivity index (χ0n) is 14.3. The summed E-state index contributed by atoms with van der Waals surface area (Å²) >= 11 is 0. The molecule has 26 heavy (non-hydrogen) atoms. The summed E-state index contributed by atoms with van der Waals surface area (Å²) in [5.74, 6) is 0.166. The van der Waals surface area contributed by atoms with Crippen LogP contribution in [-0.2, 0) is 0 Å². The number of carbonyl (C=O) groups is 1. The fraction of sp³-hybridized carbons (Fsp3) is 0.238. The summed E-state index contributed by atoms with van der Waals surface area (Å²) in [7, 11) is 0. The second-order valence-corrected chi connectivity index (χ2v) is 6.76. The Bertz CT molecular complexity index is 854. The Labute approximate surface area is 152 Å². The van der Waals surface area contributed by atoms with Crippen LogP contribution in [0.5, 0.6) is 0 Å². The fourth-order valence-electron chi connectivity index (χ4n) is 3.46. The predicted octanol–water partition coefficient (Wildman–Crippen LogP) is 3.11. The van der Waals surface area contributed by atoms with E-state index in [9.17, 15) is 9.90 Å². The van der Waals surface area contributed by atoms with Crippen LogP contribution in [0.25, 0.3) is 5.69 Å². The highest BCUT2D eigenvalue weighted by atomic mass is 16.3. The number of aliphatic hydroxyl groups is 1. The Kier molecular flexibility index (Phi) is 4.54. The Balaban J connectivity index is 1.51. The number of rotatable bonds is 5. The van der Waals surface area contributed by atoms with Crippen LogP contribution < -0.4 is 5.32 Å². The fourth-order valence-corrected chi connectivity index (χ4v) is 3.46. The second-order valence-electron chi connectivity index (χ2n) is 6.76. The van der Waals surface area contributed by atoms with Crippen LogP contribution in [0.3, 0.4) is 0 Å². The number of carbonyl (C=O) groups excluding carboxylic acids is 1. The molecule has 0 bridgehead atoms. The summed E-state index contributed by atoms with van der Waals surface area (Å²) in [6.07, 6.45) is 6.50. The number of hydrogen-bond acceptors (Lipinski definition) is 3. The molecule has 1 heterocycles. The quantitative estimate of drug-likeness (QED) is 0.745. The van der Waals surface area contributed by atoms with Gasteiger partial charge >= 0.3 is 0 Å². The maximum Gasteiger partial charge on any atom is 0.251 e. The number of hydrogen-bond donors (Lipinski definition) is 2. The average Bonchev–Trinajstić information content (AvgIpc) is 3.19. The molecule has 1 atom stereocenters. The zero-order chi connectivity index (χ0) is 17.9. The van der Waals surface area contributed by atoms with Crippen molar-refractivity contribution in [1.82, 2.24) is 14.9 Å². The lowest BCUT2D eigenvalue weighted by Gasteiger charge is -2.38. The monoisotopic (exact) mass is 347 g/mol. The van der Waals surface area contributed by atoms with Crippen molar-refractivity contribution in [1.29, 1.82) is 0 Å². The highest BCUT2D eigenvalue weighted by Gasteiger charge is 2.35. The number of benzene rings is 2. The first kappa shape index (κ1) is 16.5. The van der Waals surface area contributed by atoms with Gasteiger partial charge < -0.3 is 15.0 Å². The summed E-state index contributed by atoms with van der Waals surface area (Å²) in [4.78, 5) is 16.8. The summed E-state index contributed by atoms with van der Waals surface area (Å²) in [6.45, 7) is 0. The van der Waals surface area contributed by atoms with Crippen LogP contribution >= 0.6 is 0 Å². The van der Waals surface area contributed by atoms with E-state index in [1.807, 2.05) is 65.4 Å². The molecule has 1 aliphatic rings. The number of amides is 1. The molecular formula is C21H21N3O2. The number of nitrogens with one attached hydrogen (secondary N) is 1. The van der Waals surface area contributed by atoms with Crippen molar-refractivity contribution in [2.45, 2.75) is 25.0 Å². The highest BCUT2D eigenvalue weighted by molar-refractivity contribution is 5.94. The Morgan fingerprint density at radius 3 is 2.46 bits per heavy atom. The molecule has 1 amide bonds. The standard InChI is InChI=1S/C21H21N3O2/c25-19-12-17(13-19)20(15-4-2-1-3-5-15)23-21(26)16-6-8-18(9-7-16)24-11-10-22-14-24/h1-11,14,17,19-20,25H,12-13H2,(H,23,26)/t17?,19?,20-/m0/s1. The SMILES string of the molecule is O=C(N[C@@H](c1ccccc1)C1CC(O)C1)c1ccc(-n2ccnc2)cc1. The molecule has 1 aromatic heterocycles. The van der Waals surface area contributed by atoms with E-state index in [-0.39, 0.29) is 24.0 Å². The predicted molar refractivity (Wildman–Crippen MR) is 98.9 cm³/mol. The molecule has 3 aromatic rings. The third-order valence-corrected chi connectivity index (χ3v) is 5.00. The van der Waals surface area contributed by atoms with Gasteiger partial charge in [0.2, 0.25) is 0 Å². The first-order valence-corrected chi connectivity index (χ1v) is 8.83. The van der Waals surface area contributed by atoms with Crippen LogP contribution in [0.1, 0.15) is 34.8 Å². The number of imidazole rings is 1. The van der Waals surface area contributed by atoms with Gasteiger partial charge in [-0.3, -0.25) is 4.79 Å². The lowest BCUT2D eigenvalue weighted by Crippen LogP contribution is -2.41. The van der Waals surface area contributed by atoms with Crippen LogP contribution in [0, 0.1) is 5.92 Å². The van der Waals surface area contributed by atoms with Crippen molar-refractivity contribution in [3.8, 4) is 5.69 Å².